The van der Waals surface area contributed by atoms with E-state index in [9.17, 15) is 20.2 Å². The molecule has 1 heterocycles. The Morgan fingerprint density at radius 1 is 1.42 bits per heavy atom. The highest BCUT2D eigenvalue weighted by Gasteiger charge is 2.34. The third kappa shape index (κ3) is 3.13. The summed E-state index contributed by atoms with van der Waals surface area (Å²) in [5, 5.41) is 23.6. The standard InChI is InChI=1S/C17H17N3O4/c1-4-24-17(21)15-11(3)19-10(2)14(9-18)16(15)12-6-5-7-13(8-12)20(22)23/h5-8,16,19H,4H2,1-3H3. The summed E-state index contributed by atoms with van der Waals surface area (Å²) in [6.45, 7) is 5.34. The highest BCUT2D eigenvalue weighted by Crippen LogP contribution is 2.39. The number of carbonyl (C=O) groups is 1. The van der Waals surface area contributed by atoms with Gasteiger partial charge in [0.25, 0.3) is 5.69 Å². The molecule has 1 aliphatic heterocycles. The van der Waals surface area contributed by atoms with Crippen LogP contribution in [0.15, 0.2) is 46.8 Å². The minimum Gasteiger partial charge on any atom is -0.463 e. The van der Waals surface area contributed by atoms with E-state index in [0.717, 1.165) is 0 Å². The van der Waals surface area contributed by atoms with E-state index in [0.29, 0.717) is 28.1 Å². The van der Waals surface area contributed by atoms with Gasteiger partial charge in [0.2, 0.25) is 0 Å². The minimum atomic E-state index is -0.699. The second kappa shape index (κ2) is 6.96. The molecular formula is C17H17N3O4. The van der Waals surface area contributed by atoms with Gasteiger partial charge in [-0.05, 0) is 26.3 Å². The van der Waals surface area contributed by atoms with Crippen molar-refractivity contribution in [2.24, 2.45) is 0 Å². The Kier molecular flexibility index (Phi) is 4.99. The fourth-order valence-corrected chi connectivity index (χ4v) is 2.77. The number of benzene rings is 1. The highest BCUT2D eigenvalue weighted by atomic mass is 16.6. The Bertz CT molecular complexity index is 802. The van der Waals surface area contributed by atoms with Crippen LogP contribution in [0, 0.1) is 21.4 Å². The van der Waals surface area contributed by atoms with Gasteiger partial charge in [-0.25, -0.2) is 4.79 Å². The lowest BCUT2D eigenvalue weighted by atomic mass is 9.81. The molecule has 1 aromatic rings. The van der Waals surface area contributed by atoms with E-state index in [1.807, 2.05) is 0 Å². The number of dihydropyridines is 1. The van der Waals surface area contributed by atoms with E-state index in [1.165, 1.54) is 18.2 Å². The number of nitro groups is 1. The molecule has 124 valence electrons. The molecule has 0 spiro atoms. The molecule has 0 aliphatic carbocycles. The minimum absolute atomic E-state index is 0.0955. The molecule has 7 heteroatoms. The Hall–Kier alpha value is -3.14. The number of nitrogens with zero attached hydrogens (tertiary/aromatic N) is 2. The zero-order valence-corrected chi connectivity index (χ0v) is 13.6. The summed E-state index contributed by atoms with van der Waals surface area (Å²) >= 11 is 0. The second-order valence-electron chi connectivity index (χ2n) is 5.32. The van der Waals surface area contributed by atoms with Gasteiger partial charge >= 0.3 is 5.97 Å². The maximum absolute atomic E-state index is 12.4. The molecule has 0 saturated carbocycles. The van der Waals surface area contributed by atoms with Crippen LogP contribution in [-0.2, 0) is 9.53 Å². The van der Waals surface area contributed by atoms with Crippen LogP contribution in [-0.4, -0.2) is 17.5 Å². The largest absolute Gasteiger partial charge is 0.463 e. The monoisotopic (exact) mass is 327 g/mol. The molecule has 2 rings (SSSR count). The number of allylic oxidation sites excluding steroid dienone is 3. The Balaban J connectivity index is 2.65. The number of carbonyl (C=O) groups excluding carboxylic acids is 1. The summed E-state index contributed by atoms with van der Waals surface area (Å²) in [5.74, 6) is -1.24. The van der Waals surface area contributed by atoms with Gasteiger partial charge in [-0.3, -0.25) is 10.1 Å². The van der Waals surface area contributed by atoms with Crippen molar-refractivity contribution in [3.8, 4) is 6.07 Å². The lowest BCUT2D eigenvalue weighted by molar-refractivity contribution is -0.384. The summed E-state index contributed by atoms with van der Waals surface area (Å²) < 4.78 is 5.11. The number of rotatable bonds is 4. The topological polar surface area (TPSA) is 105 Å². The van der Waals surface area contributed by atoms with Crippen molar-refractivity contribution < 1.29 is 14.5 Å². The van der Waals surface area contributed by atoms with Crippen molar-refractivity contribution in [2.45, 2.75) is 26.7 Å². The molecule has 24 heavy (non-hydrogen) atoms. The van der Waals surface area contributed by atoms with Crippen molar-refractivity contribution >= 4 is 11.7 Å². The summed E-state index contributed by atoms with van der Waals surface area (Å²) in [6, 6.07) is 8.06. The molecule has 0 aromatic heterocycles. The number of hydrogen-bond acceptors (Lipinski definition) is 6. The normalized spacial score (nSPS) is 17.2. The molecule has 0 saturated heterocycles. The molecule has 7 nitrogen and oxygen atoms in total. The van der Waals surface area contributed by atoms with Crippen LogP contribution in [0.5, 0.6) is 0 Å². The predicted molar refractivity (Wildman–Crippen MR) is 86.6 cm³/mol. The van der Waals surface area contributed by atoms with Gasteiger partial charge in [0, 0.05) is 23.5 Å². The van der Waals surface area contributed by atoms with Gasteiger partial charge in [-0.2, -0.15) is 5.26 Å². The van der Waals surface area contributed by atoms with Crippen LogP contribution in [0.4, 0.5) is 5.69 Å². The predicted octanol–water partition coefficient (Wildman–Crippen LogP) is 2.92. The first kappa shape index (κ1) is 17.2. The van der Waals surface area contributed by atoms with E-state index in [1.54, 1.807) is 26.8 Å². The molecule has 1 aromatic carbocycles. The number of nitriles is 1. The highest BCUT2D eigenvalue weighted by molar-refractivity contribution is 5.93. The smallest absolute Gasteiger partial charge is 0.336 e. The van der Waals surface area contributed by atoms with Gasteiger partial charge in [0.1, 0.15) is 0 Å². The molecule has 0 fully saturated rings. The third-order valence-corrected chi connectivity index (χ3v) is 3.79. The van der Waals surface area contributed by atoms with Crippen molar-refractivity contribution in [1.82, 2.24) is 5.32 Å². The summed E-state index contributed by atoms with van der Waals surface area (Å²) in [4.78, 5) is 22.9. The Morgan fingerprint density at radius 2 is 2.12 bits per heavy atom. The van der Waals surface area contributed by atoms with Crippen molar-refractivity contribution in [1.29, 1.82) is 5.26 Å². The van der Waals surface area contributed by atoms with Gasteiger partial charge in [0.05, 0.1) is 34.7 Å². The summed E-state index contributed by atoms with van der Waals surface area (Å²) in [7, 11) is 0. The molecule has 1 unspecified atom stereocenters. The Morgan fingerprint density at radius 3 is 2.71 bits per heavy atom. The van der Waals surface area contributed by atoms with E-state index >= 15 is 0 Å². The molecule has 1 atom stereocenters. The van der Waals surface area contributed by atoms with E-state index in [2.05, 4.69) is 11.4 Å². The van der Waals surface area contributed by atoms with Gasteiger partial charge < -0.3 is 10.1 Å². The maximum atomic E-state index is 12.4. The van der Waals surface area contributed by atoms with Crippen molar-refractivity contribution in [2.75, 3.05) is 6.61 Å². The molecule has 0 bridgehead atoms. The van der Waals surface area contributed by atoms with Gasteiger partial charge in [0.15, 0.2) is 0 Å². The third-order valence-electron chi connectivity index (χ3n) is 3.79. The Labute approximate surface area is 139 Å². The fraction of sp³-hybridized carbons (Fsp3) is 0.294. The SMILES string of the molecule is CCOC(=O)C1=C(C)NC(C)=C(C#N)C1c1cccc([N+](=O)[O-])c1. The lowest BCUT2D eigenvalue weighted by Crippen LogP contribution is -2.28. The zero-order valence-electron chi connectivity index (χ0n) is 13.6. The summed E-state index contributed by atoms with van der Waals surface area (Å²) in [5.41, 5.74) is 2.22. The van der Waals surface area contributed by atoms with Crippen molar-refractivity contribution in [3.05, 3.63) is 62.5 Å². The maximum Gasteiger partial charge on any atom is 0.336 e. The zero-order chi connectivity index (χ0) is 17.9. The van der Waals surface area contributed by atoms with Gasteiger partial charge in [-0.15, -0.1) is 0 Å². The molecule has 0 radical (unpaired) electrons. The first-order valence-corrected chi connectivity index (χ1v) is 7.40. The molecule has 1 aliphatic rings. The average molecular weight is 327 g/mol. The van der Waals surface area contributed by atoms with Crippen LogP contribution in [0.2, 0.25) is 0 Å². The van der Waals surface area contributed by atoms with E-state index in [-0.39, 0.29) is 12.3 Å². The van der Waals surface area contributed by atoms with Crippen LogP contribution >= 0.6 is 0 Å². The van der Waals surface area contributed by atoms with Crippen LogP contribution in [0.25, 0.3) is 0 Å². The van der Waals surface area contributed by atoms with E-state index < -0.39 is 16.8 Å². The average Bonchev–Trinajstić information content (AvgIpc) is 2.54. The number of ether oxygens (including phenoxy) is 1. The van der Waals surface area contributed by atoms with Crippen LogP contribution in [0.1, 0.15) is 32.3 Å². The van der Waals surface area contributed by atoms with Crippen molar-refractivity contribution in [3.63, 3.8) is 0 Å². The van der Waals surface area contributed by atoms with Crippen LogP contribution < -0.4 is 5.32 Å². The van der Waals surface area contributed by atoms with E-state index in [4.69, 9.17) is 4.74 Å². The number of esters is 1. The number of nitrogens with one attached hydrogen (secondary N) is 1. The first-order chi connectivity index (χ1) is 11.4. The quantitative estimate of drug-likeness (QED) is 0.518. The fourth-order valence-electron chi connectivity index (χ4n) is 2.77. The molecule has 0 amide bonds. The summed E-state index contributed by atoms with van der Waals surface area (Å²) in [6.07, 6.45) is 0. The van der Waals surface area contributed by atoms with Crippen LogP contribution in [0.3, 0.4) is 0 Å². The first-order valence-electron chi connectivity index (χ1n) is 7.40. The molecule has 1 N–H and O–H groups in total. The number of nitro benzene ring substituents is 1. The lowest BCUT2D eigenvalue weighted by Gasteiger charge is -2.28. The molecular weight excluding hydrogens is 310 g/mol. The number of hydrogen-bond donors (Lipinski definition) is 1. The second-order valence-corrected chi connectivity index (χ2v) is 5.32. The number of non-ortho nitro benzene ring substituents is 1. The van der Waals surface area contributed by atoms with Gasteiger partial charge in [-0.1, -0.05) is 12.1 Å².